The van der Waals surface area contributed by atoms with E-state index in [2.05, 4.69) is 15.9 Å². The van der Waals surface area contributed by atoms with Crippen molar-refractivity contribution in [3.05, 3.63) is 81.2 Å². The molecule has 1 saturated heterocycles. The fraction of sp³-hybridized carbons (Fsp3) is 0.167. The number of anilines is 1. The fourth-order valence-corrected chi connectivity index (χ4v) is 4.20. The van der Waals surface area contributed by atoms with Crippen LogP contribution in [0.4, 0.5) is 5.69 Å². The molecule has 0 saturated carbocycles. The smallest absolute Gasteiger partial charge is 0.300 e. The minimum absolute atomic E-state index is 0.0382. The average molecular weight is 496 g/mol. The Bertz CT molecular complexity index is 1310. The van der Waals surface area contributed by atoms with Gasteiger partial charge in [-0.2, -0.15) is 0 Å². The zero-order chi connectivity index (χ0) is 22.6. The number of ether oxygens (including phenoxy) is 2. The average Bonchev–Trinajstić information content (AvgIpc) is 3.48. The van der Waals surface area contributed by atoms with Crippen LogP contribution in [0.1, 0.15) is 28.7 Å². The summed E-state index contributed by atoms with van der Waals surface area (Å²) in [4.78, 5) is 27.7. The molecule has 5 rings (SSSR count). The molecule has 3 heterocycles. The maximum Gasteiger partial charge on any atom is 0.300 e. The van der Waals surface area contributed by atoms with E-state index in [0.717, 1.165) is 10.0 Å². The van der Waals surface area contributed by atoms with Crippen molar-refractivity contribution in [1.82, 2.24) is 0 Å². The molecule has 1 atom stereocenters. The van der Waals surface area contributed by atoms with Crippen LogP contribution in [-0.4, -0.2) is 23.6 Å². The second kappa shape index (κ2) is 7.56. The number of halogens is 1. The molecule has 1 fully saturated rings. The number of aliphatic hydroxyl groups is 1. The van der Waals surface area contributed by atoms with Gasteiger partial charge in [-0.3, -0.25) is 14.5 Å². The molecule has 3 aromatic rings. The molecule has 1 amide bonds. The van der Waals surface area contributed by atoms with E-state index in [-0.39, 0.29) is 18.1 Å². The SMILES string of the molecule is Cc1ccc(C2/C(=C(/O)c3ccc(Br)c(C)c3)C(=O)C(=O)N2c2ccc3c(c2)OCO3)o1. The van der Waals surface area contributed by atoms with Crippen LogP contribution in [0.2, 0.25) is 0 Å². The number of fused-ring (bicyclic) bond motifs is 1. The summed E-state index contributed by atoms with van der Waals surface area (Å²) in [5.41, 5.74) is 1.71. The molecule has 2 aromatic carbocycles. The first-order valence-corrected chi connectivity index (χ1v) is 10.7. The molecule has 8 heteroatoms. The van der Waals surface area contributed by atoms with Crippen molar-refractivity contribution in [3.63, 3.8) is 0 Å². The van der Waals surface area contributed by atoms with Crippen molar-refractivity contribution in [2.45, 2.75) is 19.9 Å². The highest BCUT2D eigenvalue weighted by atomic mass is 79.9. The quantitative estimate of drug-likeness (QED) is 0.312. The molecular weight excluding hydrogens is 478 g/mol. The fourth-order valence-electron chi connectivity index (χ4n) is 3.95. The number of hydrogen-bond donors (Lipinski definition) is 1. The molecule has 2 aliphatic rings. The van der Waals surface area contributed by atoms with Crippen LogP contribution in [0.25, 0.3) is 5.76 Å². The van der Waals surface area contributed by atoms with Crippen molar-refractivity contribution in [3.8, 4) is 11.5 Å². The third kappa shape index (κ3) is 3.18. The van der Waals surface area contributed by atoms with Gasteiger partial charge in [0.25, 0.3) is 11.7 Å². The first-order chi connectivity index (χ1) is 15.3. The number of ketones is 1. The molecule has 1 aromatic heterocycles. The molecule has 7 nitrogen and oxygen atoms in total. The Kier molecular flexibility index (Phi) is 4.82. The minimum atomic E-state index is -0.937. The first-order valence-electron chi connectivity index (χ1n) is 9.88. The molecule has 1 N–H and O–H groups in total. The Morgan fingerprint density at radius 1 is 1.03 bits per heavy atom. The lowest BCUT2D eigenvalue weighted by atomic mass is 9.98. The Balaban J connectivity index is 1.70. The third-order valence-electron chi connectivity index (χ3n) is 5.54. The summed E-state index contributed by atoms with van der Waals surface area (Å²) in [6.07, 6.45) is 0. The highest BCUT2D eigenvalue weighted by Gasteiger charge is 2.48. The van der Waals surface area contributed by atoms with E-state index >= 15 is 0 Å². The van der Waals surface area contributed by atoms with Gasteiger partial charge in [0.05, 0.1) is 5.57 Å². The van der Waals surface area contributed by atoms with Crippen molar-refractivity contribution in [2.24, 2.45) is 0 Å². The Morgan fingerprint density at radius 3 is 2.53 bits per heavy atom. The zero-order valence-electron chi connectivity index (χ0n) is 17.2. The summed E-state index contributed by atoms with van der Waals surface area (Å²) in [6.45, 7) is 3.73. The van der Waals surface area contributed by atoms with E-state index in [0.29, 0.717) is 34.3 Å². The van der Waals surface area contributed by atoms with Gasteiger partial charge in [0.1, 0.15) is 23.3 Å². The standard InChI is InChI=1S/C24H18BrNO6/c1-12-9-14(4-6-16(12)25)22(27)20-21(18-7-3-13(2)32-18)26(24(29)23(20)28)15-5-8-17-19(10-15)31-11-30-17/h3-10,21,27H,11H2,1-2H3/b22-20-. The van der Waals surface area contributed by atoms with E-state index in [1.54, 1.807) is 55.5 Å². The van der Waals surface area contributed by atoms with Crippen molar-refractivity contribution in [1.29, 1.82) is 0 Å². The van der Waals surface area contributed by atoms with E-state index in [1.165, 1.54) is 4.90 Å². The van der Waals surface area contributed by atoms with Crippen LogP contribution in [0.5, 0.6) is 11.5 Å². The Hall–Kier alpha value is -3.52. The topological polar surface area (TPSA) is 89.2 Å². The normalized spacial score (nSPS) is 19.1. The molecule has 32 heavy (non-hydrogen) atoms. The van der Waals surface area contributed by atoms with Crippen LogP contribution in [0.15, 0.2) is 63.0 Å². The van der Waals surface area contributed by atoms with Gasteiger partial charge in [-0.25, -0.2) is 0 Å². The number of aryl methyl sites for hydroxylation is 2. The number of Topliss-reactive ketones (excluding diaryl/α,β-unsaturated/α-hetero) is 1. The van der Waals surface area contributed by atoms with Gasteiger partial charge in [0, 0.05) is 21.8 Å². The van der Waals surface area contributed by atoms with E-state index in [1.807, 2.05) is 6.92 Å². The molecule has 2 aliphatic heterocycles. The van der Waals surface area contributed by atoms with Gasteiger partial charge in [-0.15, -0.1) is 0 Å². The highest BCUT2D eigenvalue weighted by molar-refractivity contribution is 9.10. The number of carbonyl (C=O) groups is 2. The number of aliphatic hydroxyl groups excluding tert-OH is 1. The summed E-state index contributed by atoms with van der Waals surface area (Å²) in [7, 11) is 0. The van der Waals surface area contributed by atoms with Gasteiger partial charge in [0.15, 0.2) is 11.5 Å². The van der Waals surface area contributed by atoms with Crippen molar-refractivity contribution < 1.29 is 28.6 Å². The summed E-state index contributed by atoms with van der Waals surface area (Å²) < 4.78 is 17.5. The second-order valence-electron chi connectivity index (χ2n) is 7.62. The van der Waals surface area contributed by atoms with Crippen LogP contribution in [0.3, 0.4) is 0 Å². The van der Waals surface area contributed by atoms with Crippen LogP contribution in [-0.2, 0) is 9.59 Å². The van der Waals surface area contributed by atoms with E-state index < -0.39 is 17.7 Å². The second-order valence-corrected chi connectivity index (χ2v) is 8.47. The maximum absolute atomic E-state index is 13.2. The maximum atomic E-state index is 13.2. The highest BCUT2D eigenvalue weighted by Crippen LogP contribution is 2.45. The largest absolute Gasteiger partial charge is 0.507 e. The molecular formula is C24H18BrNO6. The number of amides is 1. The lowest BCUT2D eigenvalue weighted by Crippen LogP contribution is -2.29. The van der Waals surface area contributed by atoms with Gasteiger partial charge in [-0.1, -0.05) is 22.0 Å². The van der Waals surface area contributed by atoms with Crippen molar-refractivity contribution >= 4 is 39.1 Å². The molecule has 162 valence electrons. The summed E-state index contributed by atoms with van der Waals surface area (Å²) >= 11 is 3.44. The summed E-state index contributed by atoms with van der Waals surface area (Å²) in [5, 5.41) is 11.2. The van der Waals surface area contributed by atoms with Crippen LogP contribution < -0.4 is 14.4 Å². The summed E-state index contributed by atoms with van der Waals surface area (Å²) in [5.74, 6) is 0.202. The number of hydrogen-bond acceptors (Lipinski definition) is 6. The number of rotatable bonds is 3. The lowest BCUT2D eigenvalue weighted by molar-refractivity contribution is -0.132. The van der Waals surface area contributed by atoms with Gasteiger partial charge >= 0.3 is 0 Å². The predicted molar refractivity (Wildman–Crippen MR) is 120 cm³/mol. The number of nitrogens with zero attached hydrogens (tertiary/aromatic N) is 1. The van der Waals surface area contributed by atoms with Gasteiger partial charge in [0.2, 0.25) is 6.79 Å². The summed E-state index contributed by atoms with van der Waals surface area (Å²) in [6, 6.07) is 12.7. The van der Waals surface area contributed by atoms with E-state index in [9.17, 15) is 14.7 Å². The third-order valence-corrected chi connectivity index (χ3v) is 6.43. The molecule has 0 bridgehead atoms. The molecule has 0 radical (unpaired) electrons. The monoisotopic (exact) mass is 495 g/mol. The zero-order valence-corrected chi connectivity index (χ0v) is 18.8. The van der Waals surface area contributed by atoms with Gasteiger partial charge < -0.3 is 19.0 Å². The van der Waals surface area contributed by atoms with Gasteiger partial charge in [-0.05, 0) is 55.8 Å². The first kappa shape index (κ1) is 20.4. The van der Waals surface area contributed by atoms with Crippen molar-refractivity contribution in [2.75, 3.05) is 11.7 Å². The lowest BCUT2D eigenvalue weighted by Gasteiger charge is -2.23. The van der Waals surface area contributed by atoms with Crippen LogP contribution in [0, 0.1) is 13.8 Å². The minimum Gasteiger partial charge on any atom is -0.507 e. The molecule has 1 unspecified atom stereocenters. The molecule has 0 aliphatic carbocycles. The Morgan fingerprint density at radius 2 is 1.81 bits per heavy atom. The van der Waals surface area contributed by atoms with E-state index in [4.69, 9.17) is 13.9 Å². The number of carbonyl (C=O) groups excluding carboxylic acids is 2. The number of furan rings is 1. The molecule has 0 spiro atoms. The number of benzene rings is 2. The van der Waals surface area contributed by atoms with Crippen LogP contribution >= 0.6 is 15.9 Å². The predicted octanol–water partition coefficient (Wildman–Crippen LogP) is 5.01. The Labute approximate surface area is 192 Å².